The maximum Gasteiger partial charge on any atom is 0.133 e. The van der Waals surface area contributed by atoms with Crippen molar-refractivity contribution in [3.05, 3.63) is 61.6 Å². The summed E-state index contributed by atoms with van der Waals surface area (Å²) in [5.74, 6) is 0.793. The second-order valence-electron chi connectivity index (χ2n) is 4.05. The monoisotopic (exact) mass is 432 g/mol. The van der Waals surface area contributed by atoms with Crippen LogP contribution in [0.5, 0.6) is 5.75 Å². The van der Waals surface area contributed by atoms with Crippen LogP contribution in [0, 0.1) is 3.57 Å². The molecule has 0 saturated heterocycles. The first-order valence-corrected chi connectivity index (χ1v) is 7.85. The Kier molecular flexibility index (Phi) is 5.24. The molecule has 19 heavy (non-hydrogen) atoms. The third-order valence-electron chi connectivity index (χ3n) is 2.77. The summed E-state index contributed by atoms with van der Waals surface area (Å²) in [5.41, 5.74) is 1.76. The molecular formula is C15H14BrIO2. The summed E-state index contributed by atoms with van der Waals surface area (Å²) in [6.45, 7) is 2.57. The lowest BCUT2D eigenvalue weighted by Crippen LogP contribution is -2.02. The average Bonchev–Trinajstić information content (AvgIpc) is 2.41. The highest BCUT2D eigenvalue weighted by Gasteiger charge is 2.14. The summed E-state index contributed by atoms with van der Waals surface area (Å²) in [7, 11) is 0. The van der Waals surface area contributed by atoms with Crippen molar-refractivity contribution >= 4 is 38.5 Å². The highest BCUT2D eigenvalue weighted by molar-refractivity contribution is 14.1. The van der Waals surface area contributed by atoms with Gasteiger partial charge in [0.1, 0.15) is 11.9 Å². The Morgan fingerprint density at radius 1 is 1.26 bits per heavy atom. The standard InChI is InChI=1S/C15H14BrIO2/c1-2-19-14-8-7-10(9-12(14)16)15(18)11-5-3-4-6-13(11)17/h3-9,15,18H,2H2,1H3. The molecular weight excluding hydrogens is 419 g/mol. The molecule has 2 aromatic carbocycles. The molecule has 0 spiro atoms. The molecule has 0 bridgehead atoms. The van der Waals surface area contributed by atoms with E-state index in [4.69, 9.17) is 4.74 Å². The van der Waals surface area contributed by atoms with Crippen LogP contribution in [0.4, 0.5) is 0 Å². The Bertz CT molecular complexity index is 572. The lowest BCUT2D eigenvalue weighted by Gasteiger charge is -2.15. The van der Waals surface area contributed by atoms with Crippen LogP contribution in [0.1, 0.15) is 24.2 Å². The van der Waals surface area contributed by atoms with E-state index in [9.17, 15) is 5.11 Å². The van der Waals surface area contributed by atoms with Gasteiger partial charge in [0, 0.05) is 3.57 Å². The van der Waals surface area contributed by atoms with Crippen molar-refractivity contribution in [1.29, 1.82) is 0 Å². The molecule has 0 aliphatic rings. The summed E-state index contributed by atoms with van der Waals surface area (Å²) in [4.78, 5) is 0. The van der Waals surface area contributed by atoms with Crippen molar-refractivity contribution in [2.24, 2.45) is 0 Å². The first kappa shape index (κ1) is 14.8. The van der Waals surface area contributed by atoms with Crippen molar-refractivity contribution < 1.29 is 9.84 Å². The van der Waals surface area contributed by atoms with Crippen molar-refractivity contribution in [2.75, 3.05) is 6.61 Å². The molecule has 1 atom stereocenters. The molecule has 0 heterocycles. The first-order valence-electron chi connectivity index (χ1n) is 5.98. The van der Waals surface area contributed by atoms with E-state index in [-0.39, 0.29) is 0 Å². The minimum Gasteiger partial charge on any atom is -0.493 e. The molecule has 0 aromatic heterocycles. The van der Waals surface area contributed by atoms with E-state index in [1.54, 1.807) is 0 Å². The van der Waals surface area contributed by atoms with E-state index >= 15 is 0 Å². The predicted molar refractivity (Wildman–Crippen MR) is 88.5 cm³/mol. The Balaban J connectivity index is 2.32. The second kappa shape index (κ2) is 6.72. The molecule has 0 aliphatic heterocycles. The third-order valence-corrected chi connectivity index (χ3v) is 4.37. The van der Waals surface area contributed by atoms with Gasteiger partial charge in [0.2, 0.25) is 0 Å². The van der Waals surface area contributed by atoms with Gasteiger partial charge in [-0.15, -0.1) is 0 Å². The number of halogens is 2. The van der Waals surface area contributed by atoms with E-state index in [2.05, 4.69) is 38.5 Å². The van der Waals surface area contributed by atoms with Crippen LogP contribution in [0.25, 0.3) is 0 Å². The summed E-state index contributed by atoms with van der Waals surface area (Å²) in [6, 6.07) is 13.5. The summed E-state index contributed by atoms with van der Waals surface area (Å²) in [6.07, 6.45) is -0.625. The fourth-order valence-corrected chi connectivity index (χ4v) is 3.03. The lowest BCUT2D eigenvalue weighted by atomic mass is 10.0. The SMILES string of the molecule is CCOc1ccc(C(O)c2ccccc2I)cc1Br. The van der Waals surface area contributed by atoms with E-state index in [0.29, 0.717) is 6.61 Å². The molecule has 0 saturated carbocycles. The molecule has 1 N–H and O–H groups in total. The van der Waals surface area contributed by atoms with E-state index in [0.717, 1.165) is 24.9 Å². The molecule has 0 amide bonds. The molecule has 2 aromatic rings. The maximum absolute atomic E-state index is 10.5. The van der Waals surface area contributed by atoms with Crippen molar-refractivity contribution in [1.82, 2.24) is 0 Å². The summed E-state index contributed by atoms with van der Waals surface area (Å²) >= 11 is 5.70. The molecule has 0 radical (unpaired) electrons. The van der Waals surface area contributed by atoms with Gasteiger partial charge in [-0.2, -0.15) is 0 Å². The van der Waals surface area contributed by atoms with Gasteiger partial charge >= 0.3 is 0 Å². The average molecular weight is 433 g/mol. The van der Waals surface area contributed by atoms with Gasteiger partial charge in [-0.1, -0.05) is 24.3 Å². The lowest BCUT2D eigenvalue weighted by molar-refractivity contribution is 0.219. The van der Waals surface area contributed by atoms with Crippen LogP contribution >= 0.6 is 38.5 Å². The number of aliphatic hydroxyl groups excluding tert-OH is 1. The first-order chi connectivity index (χ1) is 9.13. The van der Waals surface area contributed by atoms with Gasteiger partial charge in [-0.3, -0.25) is 0 Å². The number of hydrogen-bond donors (Lipinski definition) is 1. The number of hydrogen-bond acceptors (Lipinski definition) is 2. The fraction of sp³-hybridized carbons (Fsp3) is 0.200. The quantitative estimate of drug-likeness (QED) is 0.719. The third kappa shape index (κ3) is 3.49. The Hall–Kier alpha value is -0.590. The van der Waals surface area contributed by atoms with Gasteiger partial charge in [-0.25, -0.2) is 0 Å². The molecule has 2 rings (SSSR count). The number of aliphatic hydroxyl groups is 1. The van der Waals surface area contributed by atoms with Crippen molar-refractivity contribution in [2.45, 2.75) is 13.0 Å². The summed E-state index contributed by atoms with van der Waals surface area (Å²) < 4.78 is 7.38. The van der Waals surface area contributed by atoms with Crippen LogP contribution < -0.4 is 4.74 Å². The van der Waals surface area contributed by atoms with E-state index in [1.165, 1.54) is 0 Å². The molecule has 0 fully saturated rings. The van der Waals surface area contributed by atoms with Gasteiger partial charge in [-0.05, 0) is 74.8 Å². The topological polar surface area (TPSA) is 29.5 Å². The van der Waals surface area contributed by atoms with Crippen molar-refractivity contribution in [3.8, 4) is 5.75 Å². The fourth-order valence-electron chi connectivity index (χ4n) is 1.84. The minimum absolute atomic E-state index is 0.622. The Morgan fingerprint density at radius 3 is 2.63 bits per heavy atom. The predicted octanol–water partition coefficient (Wildman–Crippen LogP) is 4.53. The number of rotatable bonds is 4. The van der Waals surface area contributed by atoms with Crippen LogP contribution in [-0.4, -0.2) is 11.7 Å². The largest absolute Gasteiger partial charge is 0.493 e. The smallest absolute Gasteiger partial charge is 0.133 e. The zero-order valence-corrected chi connectivity index (χ0v) is 14.2. The van der Waals surface area contributed by atoms with Gasteiger partial charge in [0.15, 0.2) is 0 Å². The second-order valence-corrected chi connectivity index (χ2v) is 6.06. The van der Waals surface area contributed by atoms with Crippen LogP contribution in [0.3, 0.4) is 0 Å². The highest BCUT2D eigenvalue weighted by Crippen LogP contribution is 2.32. The number of benzene rings is 2. The normalized spacial score (nSPS) is 12.2. The summed E-state index contributed by atoms with van der Waals surface area (Å²) in [5, 5.41) is 10.5. The van der Waals surface area contributed by atoms with Crippen LogP contribution in [-0.2, 0) is 0 Å². The van der Waals surface area contributed by atoms with Gasteiger partial charge in [0.05, 0.1) is 11.1 Å². The molecule has 0 aliphatic carbocycles. The maximum atomic E-state index is 10.5. The minimum atomic E-state index is -0.625. The molecule has 2 nitrogen and oxygen atoms in total. The van der Waals surface area contributed by atoms with Crippen LogP contribution in [0.2, 0.25) is 0 Å². The van der Waals surface area contributed by atoms with Crippen LogP contribution in [0.15, 0.2) is 46.9 Å². The highest BCUT2D eigenvalue weighted by atomic mass is 127. The molecule has 1 unspecified atom stereocenters. The molecule has 100 valence electrons. The van der Waals surface area contributed by atoms with Gasteiger partial charge in [0.25, 0.3) is 0 Å². The Labute approximate surface area is 135 Å². The number of ether oxygens (including phenoxy) is 1. The Morgan fingerprint density at radius 2 is 2.00 bits per heavy atom. The van der Waals surface area contributed by atoms with Crippen molar-refractivity contribution in [3.63, 3.8) is 0 Å². The zero-order chi connectivity index (χ0) is 13.8. The van der Waals surface area contributed by atoms with E-state index in [1.807, 2.05) is 49.4 Å². The zero-order valence-electron chi connectivity index (χ0n) is 10.4. The molecule has 4 heteroatoms. The van der Waals surface area contributed by atoms with E-state index < -0.39 is 6.10 Å². The van der Waals surface area contributed by atoms with Gasteiger partial charge < -0.3 is 9.84 Å².